The lowest BCUT2D eigenvalue weighted by atomic mass is 10.4. The number of ether oxygens (including phenoxy) is 2. The van der Waals surface area contributed by atoms with Crippen molar-refractivity contribution in [1.29, 1.82) is 0 Å². The van der Waals surface area contributed by atoms with Crippen LogP contribution in [0.1, 0.15) is 5.69 Å². The van der Waals surface area contributed by atoms with E-state index in [4.69, 9.17) is 21.1 Å². The molecule has 0 bridgehead atoms. The number of hydrogen-bond donors (Lipinski definition) is 0. The third-order valence-corrected chi connectivity index (χ3v) is 3.46. The molecule has 0 N–H and O–H groups in total. The van der Waals surface area contributed by atoms with Crippen LogP contribution in [0.25, 0.3) is 5.82 Å². The molecule has 0 spiro atoms. The van der Waals surface area contributed by atoms with E-state index >= 15 is 0 Å². The highest BCUT2D eigenvalue weighted by Gasteiger charge is 2.34. The van der Waals surface area contributed by atoms with Gasteiger partial charge in [0.25, 0.3) is 0 Å². The average molecular weight is 378 g/mol. The van der Waals surface area contributed by atoms with Crippen LogP contribution in [0.3, 0.4) is 0 Å². The maximum Gasteiger partial charge on any atom is 0.435 e. The van der Waals surface area contributed by atoms with Crippen LogP contribution >= 0.6 is 11.6 Å². The number of morpholine rings is 1. The molecule has 8 nitrogen and oxygen atoms in total. The van der Waals surface area contributed by atoms with Crippen molar-refractivity contribution < 1.29 is 27.4 Å². The van der Waals surface area contributed by atoms with Gasteiger partial charge in [0.15, 0.2) is 16.6 Å². The lowest BCUT2D eigenvalue weighted by molar-refractivity contribution is -0.141. The van der Waals surface area contributed by atoms with Crippen molar-refractivity contribution >= 4 is 17.7 Å². The van der Waals surface area contributed by atoms with Crippen LogP contribution in [0.4, 0.5) is 18.0 Å². The summed E-state index contributed by atoms with van der Waals surface area (Å²) in [5.74, 6) is -0.352. The van der Waals surface area contributed by atoms with Crippen LogP contribution in [0.15, 0.2) is 18.3 Å². The average Bonchev–Trinajstić information content (AvgIpc) is 3.06. The number of carbonyl (C=O) groups excluding carboxylic acids is 1. The van der Waals surface area contributed by atoms with Crippen LogP contribution in [0.5, 0.6) is 5.75 Å². The summed E-state index contributed by atoms with van der Waals surface area (Å²) < 4.78 is 49.3. The van der Waals surface area contributed by atoms with E-state index in [1.54, 1.807) is 0 Å². The first-order chi connectivity index (χ1) is 11.8. The summed E-state index contributed by atoms with van der Waals surface area (Å²) in [5.41, 5.74) is -1.12. The highest BCUT2D eigenvalue weighted by atomic mass is 35.5. The molecule has 0 radical (unpaired) electrons. The van der Waals surface area contributed by atoms with Gasteiger partial charge >= 0.3 is 12.3 Å². The highest BCUT2D eigenvalue weighted by Crippen LogP contribution is 2.29. The summed E-state index contributed by atoms with van der Waals surface area (Å²) in [6, 6.07) is 1.95. The Labute approximate surface area is 144 Å². The molecular weight excluding hydrogens is 367 g/mol. The minimum atomic E-state index is -4.62. The number of hydrogen-bond acceptors (Lipinski definition) is 6. The molecule has 0 aliphatic carbocycles. The molecule has 0 saturated carbocycles. The lowest BCUT2D eigenvalue weighted by Gasteiger charge is -2.26. The van der Waals surface area contributed by atoms with Crippen LogP contribution in [-0.2, 0) is 10.9 Å². The molecule has 0 aromatic carbocycles. The number of carbonyl (C=O) groups is 1. The second-order valence-corrected chi connectivity index (χ2v) is 5.35. The molecule has 0 unspecified atom stereocenters. The number of halogens is 4. The van der Waals surface area contributed by atoms with E-state index in [0.717, 1.165) is 16.9 Å². The van der Waals surface area contributed by atoms with E-state index in [9.17, 15) is 18.0 Å². The summed E-state index contributed by atoms with van der Waals surface area (Å²) in [6.07, 6.45) is -4.28. The molecule has 134 valence electrons. The van der Waals surface area contributed by atoms with Crippen molar-refractivity contribution in [2.24, 2.45) is 0 Å². The first-order valence-corrected chi connectivity index (χ1v) is 7.43. The molecule has 3 heterocycles. The predicted octanol–water partition coefficient (Wildman–Crippen LogP) is 2.17. The van der Waals surface area contributed by atoms with Crippen LogP contribution in [0.2, 0.25) is 5.15 Å². The van der Waals surface area contributed by atoms with Gasteiger partial charge in [-0.25, -0.2) is 9.48 Å². The zero-order valence-electron chi connectivity index (χ0n) is 12.5. The first-order valence-electron chi connectivity index (χ1n) is 7.05. The number of nitrogens with zero attached hydrogens (tertiary/aromatic N) is 5. The van der Waals surface area contributed by atoms with Crippen molar-refractivity contribution in [3.05, 3.63) is 29.2 Å². The number of amides is 1. The van der Waals surface area contributed by atoms with Crippen LogP contribution in [-0.4, -0.2) is 57.3 Å². The van der Waals surface area contributed by atoms with Gasteiger partial charge in [-0.15, -0.1) is 10.2 Å². The summed E-state index contributed by atoms with van der Waals surface area (Å²) in [7, 11) is 0. The molecule has 1 aliphatic rings. The Balaban J connectivity index is 1.88. The predicted molar refractivity (Wildman–Crippen MR) is 77.6 cm³/mol. The molecule has 12 heteroatoms. The molecule has 0 atom stereocenters. The van der Waals surface area contributed by atoms with Gasteiger partial charge in [0.05, 0.1) is 13.2 Å². The van der Waals surface area contributed by atoms with Crippen molar-refractivity contribution in [2.75, 3.05) is 26.3 Å². The third-order valence-electron chi connectivity index (χ3n) is 3.27. The van der Waals surface area contributed by atoms with Gasteiger partial charge in [0, 0.05) is 25.4 Å². The van der Waals surface area contributed by atoms with Gasteiger partial charge < -0.3 is 14.4 Å². The molecule has 25 heavy (non-hydrogen) atoms. The molecule has 1 aliphatic heterocycles. The topological polar surface area (TPSA) is 82.4 Å². The van der Waals surface area contributed by atoms with E-state index < -0.39 is 18.0 Å². The van der Waals surface area contributed by atoms with Gasteiger partial charge in [-0.2, -0.15) is 18.3 Å². The fraction of sp³-hybridized carbons (Fsp3) is 0.385. The molecule has 2 aromatic heterocycles. The summed E-state index contributed by atoms with van der Waals surface area (Å²) in [4.78, 5) is 13.6. The number of aromatic nitrogens is 4. The molecule has 1 fully saturated rings. The van der Waals surface area contributed by atoms with Gasteiger partial charge in [-0.1, -0.05) is 11.6 Å². The minimum Gasteiger partial charge on any atom is -0.406 e. The Morgan fingerprint density at radius 3 is 2.64 bits per heavy atom. The number of alkyl halides is 3. The van der Waals surface area contributed by atoms with Crippen molar-refractivity contribution in [1.82, 2.24) is 24.9 Å². The normalized spacial score (nSPS) is 15.3. The lowest BCUT2D eigenvalue weighted by Crippen LogP contribution is -2.42. The van der Waals surface area contributed by atoms with E-state index in [2.05, 4.69) is 15.3 Å². The monoisotopic (exact) mass is 377 g/mol. The second-order valence-electron chi connectivity index (χ2n) is 4.97. The Morgan fingerprint density at radius 1 is 1.28 bits per heavy atom. The fourth-order valence-electron chi connectivity index (χ4n) is 2.08. The van der Waals surface area contributed by atoms with Crippen LogP contribution in [0, 0.1) is 0 Å². The van der Waals surface area contributed by atoms with E-state index in [0.29, 0.717) is 26.3 Å². The maximum absolute atomic E-state index is 12.7. The summed E-state index contributed by atoms with van der Waals surface area (Å²) in [5, 5.41) is 10.5. The molecule has 3 rings (SSSR count). The highest BCUT2D eigenvalue weighted by molar-refractivity contribution is 6.29. The maximum atomic E-state index is 12.7. The zero-order chi connectivity index (χ0) is 18.0. The molecular formula is C13H11ClF3N5O3. The molecule has 1 amide bonds. The van der Waals surface area contributed by atoms with Crippen molar-refractivity contribution in [3.8, 4) is 11.6 Å². The first kappa shape index (κ1) is 17.4. The van der Waals surface area contributed by atoms with Crippen molar-refractivity contribution in [2.45, 2.75) is 6.18 Å². The molecule has 1 saturated heterocycles. The standard InChI is InChI=1S/C13H11ClF3N5O3/c14-10-7-8(25-12(23)21-3-5-24-6-4-21)11(19-18-10)22-2-1-9(20-22)13(15,16)17/h1-2,7H,3-6H2. The smallest absolute Gasteiger partial charge is 0.406 e. The Morgan fingerprint density at radius 2 is 2.00 bits per heavy atom. The SMILES string of the molecule is O=C(Oc1cc(Cl)nnc1-n1ccc(C(F)(F)F)n1)N1CCOCC1. The largest absolute Gasteiger partial charge is 0.435 e. The van der Waals surface area contributed by atoms with Gasteiger partial charge in [-0.05, 0) is 6.07 Å². The van der Waals surface area contributed by atoms with E-state index in [1.807, 2.05) is 0 Å². The summed E-state index contributed by atoms with van der Waals surface area (Å²) in [6.45, 7) is 1.40. The minimum absolute atomic E-state index is 0.0864. The second kappa shape index (κ2) is 6.84. The molecule has 2 aromatic rings. The number of rotatable bonds is 2. The Bertz CT molecular complexity index is 777. The Hall–Kier alpha value is -2.40. The van der Waals surface area contributed by atoms with E-state index in [1.165, 1.54) is 11.0 Å². The third kappa shape index (κ3) is 3.99. The fourth-order valence-corrected chi connectivity index (χ4v) is 2.21. The zero-order valence-corrected chi connectivity index (χ0v) is 13.3. The van der Waals surface area contributed by atoms with Gasteiger partial charge in [-0.3, -0.25) is 0 Å². The van der Waals surface area contributed by atoms with Gasteiger partial charge in [0.2, 0.25) is 5.82 Å². The van der Waals surface area contributed by atoms with Crippen molar-refractivity contribution in [3.63, 3.8) is 0 Å². The Kier molecular flexibility index (Phi) is 4.77. The van der Waals surface area contributed by atoms with Crippen LogP contribution < -0.4 is 4.74 Å². The quantitative estimate of drug-likeness (QED) is 0.797. The van der Waals surface area contributed by atoms with Gasteiger partial charge in [0.1, 0.15) is 0 Å². The summed E-state index contributed by atoms with van der Waals surface area (Å²) >= 11 is 5.74. The van der Waals surface area contributed by atoms with E-state index in [-0.39, 0.29) is 16.7 Å².